The van der Waals surface area contributed by atoms with Gasteiger partial charge in [0.2, 0.25) is 10.0 Å². The Labute approximate surface area is 136 Å². The van der Waals surface area contributed by atoms with E-state index in [-0.39, 0.29) is 21.9 Å². The average molecular weight is 397 g/mol. The number of carbonyl (C=O) groups is 1. The molecule has 0 bridgehead atoms. The molecule has 0 aliphatic carbocycles. The molecule has 1 aromatic heterocycles. The molecule has 2 unspecified atom stereocenters. The SMILES string of the molecule is COC(=O)c1cc(S(=O)(=O)NC2CCCNC2C)c(Br)s1. The van der Waals surface area contributed by atoms with Gasteiger partial charge in [0, 0.05) is 12.1 Å². The summed E-state index contributed by atoms with van der Waals surface area (Å²) >= 11 is 4.25. The number of nitrogens with one attached hydrogen (secondary N) is 2. The fourth-order valence-electron chi connectivity index (χ4n) is 2.20. The molecule has 1 fully saturated rings. The van der Waals surface area contributed by atoms with E-state index in [2.05, 4.69) is 30.7 Å². The van der Waals surface area contributed by atoms with Gasteiger partial charge in [0.15, 0.2) is 0 Å². The number of hydrogen-bond acceptors (Lipinski definition) is 6. The number of thiophene rings is 1. The number of ether oxygens (including phenoxy) is 1. The lowest BCUT2D eigenvalue weighted by Crippen LogP contribution is -2.51. The molecule has 0 amide bonds. The summed E-state index contributed by atoms with van der Waals surface area (Å²) in [6, 6.07) is 1.26. The summed E-state index contributed by atoms with van der Waals surface area (Å²) in [5, 5.41) is 3.24. The zero-order chi connectivity index (χ0) is 15.6. The van der Waals surface area contributed by atoms with E-state index in [0.717, 1.165) is 30.7 Å². The molecule has 2 rings (SSSR count). The Morgan fingerprint density at radius 1 is 1.57 bits per heavy atom. The van der Waals surface area contributed by atoms with Gasteiger partial charge in [-0.3, -0.25) is 0 Å². The molecule has 2 atom stereocenters. The van der Waals surface area contributed by atoms with E-state index in [1.807, 2.05) is 6.92 Å². The highest BCUT2D eigenvalue weighted by Crippen LogP contribution is 2.32. The first-order chi connectivity index (χ1) is 9.85. The standard InChI is InChI=1S/C12H17BrN2O4S2/c1-7-8(4-3-5-14-7)15-21(17,18)10-6-9(12(16)19-2)20-11(10)13/h6-8,14-15H,3-5H2,1-2H3. The van der Waals surface area contributed by atoms with Crippen molar-refractivity contribution >= 4 is 43.3 Å². The van der Waals surface area contributed by atoms with Gasteiger partial charge in [0.25, 0.3) is 0 Å². The lowest BCUT2D eigenvalue weighted by Gasteiger charge is -2.30. The lowest BCUT2D eigenvalue weighted by atomic mass is 10.0. The molecule has 0 saturated carbocycles. The van der Waals surface area contributed by atoms with Crippen LogP contribution in [0.5, 0.6) is 0 Å². The van der Waals surface area contributed by atoms with Crippen molar-refractivity contribution in [2.45, 2.75) is 36.7 Å². The Balaban J connectivity index is 2.23. The maximum Gasteiger partial charge on any atom is 0.348 e. The zero-order valence-electron chi connectivity index (χ0n) is 11.7. The normalized spacial score (nSPS) is 23.0. The number of sulfonamides is 1. The second-order valence-electron chi connectivity index (χ2n) is 4.85. The molecule has 21 heavy (non-hydrogen) atoms. The lowest BCUT2D eigenvalue weighted by molar-refractivity contribution is 0.0606. The summed E-state index contributed by atoms with van der Waals surface area (Å²) < 4.78 is 32.7. The maximum absolute atomic E-state index is 12.5. The van der Waals surface area contributed by atoms with Crippen LogP contribution in [0, 0.1) is 0 Å². The van der Waals surface area contributed by atoms with Gasteiger partial charge in [0.05, 0.1) is 10.9 Å². The highest BCUT2D eigenvalue weighted by Gasteiger charge is 2.29. The third kappa shape index (κ3) is 3.84. The minimum atomic E-state index is -3.68. The Hall–Kier alpha value is -0.480. The van der Waals surface area contributed by atoms with Gasteiger partial charge in [-0.2, -0.15) is 0 Å². The topological polar surface area (TPSA) is 84.5 Å². The van der Waals surface area contributed by atoms with Gasteiger partial charge in [0.1, 0.15) is 9.77 Å². The molecular weight excluding hydrogens is 380 g/mol. The molecule has 1 saturated heterocycles. The van der Waals surface area contributed by atoms with Gasteiger partial charge in [-0.1, -0.05) is 0 Å². The van der Waals surface area contributed by atoms with E-state index < -0.39 is 16.0 Å². The molecule has 1 aliphatic rings. The van der Waals surface area contributed by atoms with E-state index >= 15 is 0 Å². The van der Waals surface area contributed by atoms with Gasteiger partial charge >= 0.3 is 5.97 Å². The van der Waals surface area contributed by atoms with Crippen LogP contribution in [-0.2, 0) is 14.8 Å². The van der Waals surface area contributed by atoms with Crippen LogP contribution in [0.15, 0.2) is 14.7 Å². The van der Waals surface area contributed by atoms with Crippen molar-refractivity contribution in [2.24, 2.45) is 0 Å². The Morgan fingerprint density at radius 2 is 2.29 bits per heavy atom. The first kappa shape index (κ1) is 16.9. The summed E-state index contributed by atoms with van der Waals surface area (Å²) in [5.41, 5.74) is 0. The van der Waals surface area contributed by atoms with Crippen LogP contribution in [0.1, 0.15) is 29.4 Å². The zero-order valence-corrected chi connectivity index (χ0v) is 14.9. The van der Waals surface area contributed by atoms with Crippen LogP contribution < -0.4 is 10.0 Å². The molecule has 1 aliphatic heterocycles. The van der Waals surface area contributed by atoms with Crippen molar-refractivity contribution in [1.82, 2.24) is 10.0 Å². The van der Waals surface area contributed by atoms with Gasteiger partial charge in [-0.05, 0) is 48.3 Å². The maximum atomic E-state index is 12.5. The summed E-state index contributed by atoms with van der Waals surface area (Å²) in [5.74, 6) is -0.546. The first-order valence-electron chi connectivity index (χ1n) is 6.48. The van der Waals surface area contributed by atoms with Crippen molar-refractivity contribution < 1.29 is 17.9 Å². The molecule has 0 aromatic carbocycles. The fourth-order valence-corrected chi connectivity index (χ4v) is 6.04. The molecular formula is C12H17BrN2O4S2. The highest BCUT2D eigenvalue weighted by atomic mass is 79.9. The number of halogens is 1. The smallest absolute Gasteiger partial charge is 0.348 e. The first-order valence-corrected chi connectivity index (χ1v) is 9.58. The van der Waals surface area contributed by atoms with E-state index in [4.69, 9.17) is 0 Å². The number of rotatable bonds is 4. The van der Waals surface area contributed by atoms with Gasteiger partial charge in [-0.25, -0.2) is 17.9 Å². The Morgan fingerprint density at radius 3 is 2.90 bits per heavy atom. The van der Waals surface area contributed by atoms with E-state index in [1.54, 1.807) is 0 Å². The Bertz CT molecular complexity index is 629. The van der Waals surface area contributed by atoms with Crippen molar-refractivity contribution in [3.8, 4) is 0 Å². The van der Waals surface area contributed by atoms with Crippen LogP contribution in [-0.4, -0.2) is 40.1 Å². The van der Waals surface area contributed by atoms with Crippen molar-refractivity contribution in [1.29, 1.82) is 0 Å². The van der Waals surface area contributed by atoms with E-state index in [0.29, 0.717) is 3.79 Å². The third-order valence-corrected chi connectivity index (χ3v) is 7.12. The van der Waals surface area contributed by atoms with E-state index in [1.165, 1.54) is 13.2 Å². The number of methoxy groups -OCH3 is 1. The predicted octanol–water partition coefficient (Wildman–Crippen LogP) is 1.72. The third-order valence-electron chi connectivity index (χ3n) is 3.40. The van der Waals surface area contributed by atoms with Crippen LogP contribution in [0.2, 0.25) is 0 Å². The quantitative estimate of drug-likeness (QED) is 0.756. The van der Waals surface area contributed by atoms with Crippen molar-refractivity contribution in [3.05, 3.63) is 14.7 Å². The minimum absolute atomic E-state index is 0.0747. The molecule has 2 heterocycles. The van der Waals surface area contributed by atoms with Crippen LogP contribution >= 0.6 is 27.3 Å². The predicted molar refractivity (Wildman–Crippen MR) is 84.2 cm³/mol. The van der Waals surface area contributed by atoms with Crippen LogP contribution in [0.3, 0.4) is 0 Å². The molecule has 2 N–H and O–H groups in total. The monoisotopic (exact) mass is 396 g/mol. The summed E-state index contributed by atoms with van der Waals surface area (Å²) in [7, 11) is -2.42. The number of carbonyl (C=O) groups excluding carboxylic acids is 1. The second-order valence-corrected chi connectivity index (χ2v) is 8.91. The largest absolute Gasteiger partial charge is 0.465 e. The highest BCUT2D eigenvalue weighted by molar-refractivity contribution is 9.11. The molecule has 9 heteroatoms. The minimum Gasteiger partial charge on any atom is -0.465 e. The molecule has 1 aromatic rings. The van der Waals surface area contributed by atoms with E-state index in [9.17, 15) is 13.2 Å². The molecule has 0 radical (unpaired) electrons. The average Bonchev–Trinajstić information content (AvgIpc) is 2.83. The summed E-state index contributed by atoms with van der Waals surface area (Å²) in [6.07, 6.45) is 1.72. The Kier molecular flexibility index (Phi) is 5.42. The van der Waals surface area contributed by atoms with Gasteiger partial charge in [-0.15, -0.1) is 11.3 Å². The number of hydrogen-bond donors (Lipinski definition) is 2. The number of esters is 1. The van der Waals surface area contributed by atoms with Crippen molar-refractivity contribution in [3.63, 3.8) is 0 Å². The van der Waals surface area contributed by atoms with Crippen LogP contribution in [0.25, 0.3) is 0 Å². The summed E-state index contributed by atoms with van der Waals surface area (Å²) in [6.45, 7) is 2.85. The fraction of sp³-hybridized carbons (Fsp3) is 0.583. The summed E-state index contributed by atoms with van der Waals surface area (Å²) in [4.78, 5) is 11.8. The van der Waals surface area contributed by atoms with Gasteiger partial charge < -0.3 is 10.1 Å². The molecule has 0 spiro atoms. The van der Waals surface area contributed by atoms with Crippen LogP contribution in [0.4, 0.5) is 0 Å². The molecule has 6 nitrogen and oxygen atoms in total. The molecule has 118 valence electrons. The van der Waals surface area contributed by atoms with Crippen molar-refractivity contribution in [2.75, 3.05) is 13.7 Å². The second kappa shape index (κ2) is 6.74. The number of piperidine rings is 1.